The molecule has 8 heteroatoms. The summed E-state index contributed by atoms with van der Waals surface area (Å²) in [6, 6.07) is 20.8. The maximum Gasteiger partial charge on any atom is 0.343 e. The molecule has 5 atom stereocenters. The molecule has 3 aromatic carbocycles. The monoisotopic (exact) mass is 573 g/mol. The summed E-state index contributed by atoms with van der Waals surface area (Å²) in [7, 11) is -3.92. The number of carbonyl (C=O) groups is 2. The van der Waals surface area contributed by atoms with Gasteiger partial charge in [-0.3, -0.25) is 0 Å². The van der Waals surface area contributed by atoms with E-state index in [1.54, 1.807) is 18.2 Å². The third-order valence-corrected chi connectivity index (χ3v) is 11.0. The summed E-state index contributed by atoms with van der Waals surface area (Å²) < 4.78 is 35.3. The topological polar surface area (TPSA) is 113 Å². The number of benzene rings is 3. The summed E-state index contributed by atoms with van der Waals surface area (Å²) in [5, 5.41) is 5.26. The molecule has 0 amide bonds. The van der Waals surface area contributed by atoms with Crippen molar-refractivity contribution in [3.63, 3.8) is 0 Å². The highest BCUT2D eigenvalue weighted by molar-refractivity contribution is 7.89. The zero-order chi connectivity index (χ0) is 29.0. The molecule has 3 aliphatic rings. The van der Waals surface area contributed by atoms with Gasteiger partial charge in [0.05, 0.1) is 16.0 Å². The van der Waals surface area contributed by atoms with E-state index < -0.39 is 16.0 Å². The number of hydrogen-bond acceptors (Lipinski definition) is 6. The van der Waals surface area contributed by atoms with Crippen LogP contribution in [0, 0.1) is 16.7 Å². The molecule has 214 valence electrons. The summed E-state index contributed by atoms with van der Waals surface area (Å²) in [6.07, 6.45) is 5.34. The molecule has 0 saturated heterocycles. The summed E-state index contributed by atoms with van der Waals surface area (Å²) in [6.45, 7) is 4.65. The molecule has 7 nitrogen and oxygen atoms in total. The van der Waals surface area contributed by atoms with Crippen molar-refractivity contribution < 1.29 is 27.5 Å². The number of aryl methyl sites for hydroxylation is 1. The van der Waals surface area contributed by atoms with E-state index in [-0.39, 0.29) is 33.4 Å². The molecular formula is C33H35NO6S. The maximum atomic E-state index is 13.1. The highest BCUT2D eigenvalue weighted by Crippen LogP contribution is 2.67. The predicted molar refractivity (Wildman–Crippen MR) is 154 cm³/mol. The average molecular weight is 574 g/mol. The standard InChI is InChI=1S/C33H35NO6S/c1-32-17-15-22-19-24(39-30(35)21-7-4-3-5-8-21)11-12-26(22)27(32)16-18-33(2)28(32)13-14-29(33)40-31(36)23-9-6-10-25(20-23)41(34,37)38/h3-12,19-20,27-29H,13-18H2,1-2H3,(H2,34,37,38)/t27-,28+,29+,32-,33+/m1/s1. The number of carbonyl (C=O) groups excluding carboxylic acids is 2. The number of nitrogens with two attached hydrogens (primary N) is 1. The fourth-order valence-corrected chi connectivity index (χ4v) is 8.60. The molecule has 0 unspecified atom stereocenters. The van der Waals surface area contributed by atoms with Gasteiger partial charge in [0.1, 0.15) is 11.9 Å². The summed E-state index contributed by atoms with van der Waals surface area (Å²) in [5.41, 5.74) is 3.18. The third-order valence-electron chi connectivity index (χ3n) is 10.1. The molecule has 0 aliphatic heterocycles. The van der Waals surface area contributed by atoms with E-state index >= 15 is 0 Å². The van der Waals surface area contributed by atoms with Crippen molar-refractivity contribution in [2.75, 3.05) is 0 Å². The first-order valence-electron chi connectivity index (χ1n) is 14.2. The molecule has 2 saturated carbocycles. The van der Waals surface area contributed by atoms with Crippen LogP contribution in [0.5, 0.6) is 5.75 Å². The zero-order valence-electron chi connectivity index (χ0n) is 23.3. The van der Waals surface area contributed by atoms with Crippen molar-refractivity contribution in [2.45, 2.75) is 69.3 Å². The van der Waals surface area contributed by atoms with Gasteiger partial charge in [-0.2, -0.15) is 0 Å². The second kappa shape index (κ2) is 10.1. The summed E-state index contributed by atoms with van der Waals surface area (Å²) in [4.78, 5) is 25.6. The third kappa shape index (κ3) is 4.87. The quantitative estimate of drug-likeness (QED) is 0.295. The largest absolute Gasteiger partial charge is 0.458 e. The molecule has 0 heterocycles. The van der Waals surface area contributed by atoms with Crippen LogP contribution in [-0.2, 0) is 21.2 Å². The Balaban J connectivity index is 1.19. The van der Waals surface area contributed by atoms with Gasteiger partial charge in [0.2, 0.25) is 10.0 Å². The Bertz CT molecular complexity index is 1620. The van der Waals surface area contributed by atoms with Gasteiger partial charge in [-0.05, 0) is 109 Å². The Morgan fingerprint density at radius 3 is 2.34 bits per heavy atom. The van der Waals surface area contributed by atoms with Crippen LogP contribution in [0.4, 0.5) is 0 Å². The Labute approximate surface area is 241 Å². The Morgan fingerprint density at radius 2 is 1.59 bits per heavy atom. The van der Waals surface area contributed by atoms with Crippen molar-refractivity contribution >= 4 is 22.0 Å². The van der Waals surface area contributed by atoms with E-state index in [4.69, 9.17) is 14.6 Å². The van der Waals surface area contributed by atoms with Crippen LogP contribution in [0.15, 0.2) is 77.7 Å². The van der Waals surface area contributed by atoms with E-state index in [1.807, 2.05) is 30.3 Å². The molecule has 6 rings (SSSR count). The lowest BCUT2D eigenvalue weighted by Gasteiger charge is -2.57. The van der Waals surface area contributed by atoms with E-state index in [2.05, 4.69) is 19.9 Å². The number of fused-ring (bicyclic) bond motifs is 5. The Hall–Kier alpha value is -3.49. The van der Waals surface area contributed by atoms with Crippen LogP contribution < -0.4 is 9.88 Å². The summed E-state index contributed by atoms with van der Waals surface area (Å²) in [5.74, 6) is 0.458. The van der Waals surface area contributed by atoms with Crippen molar-refractivity contribution in [1.29, 1.82) is 0 Å². The number of primary sulfonamides is 1. The van der Waals surface area contributed by atoms with Gasteiger partial charge in [0, 0.05) is 5.41 Å². The maximum absolute atomic E-state index is 13.1. The van der Waals surface area contributed by atoms with E-state index in [1.165, 1.54) is 29.3 Å². The summed E-state index contributed by atoms with van der Waals surface area (Å²) >= 11 is 0. The molecule has 3 aromatic rings. The van der Waals surface area contributed by atoms with E-state index in [0.29, 0.717) is 23.1 Å². The molecular weight excluding hydrogens is 538 g/mol. The molecule has 3 aliphatic carbocycles. The van der Waals surface area contributed by atoms with Gasteiger partial charge in [0.15, 0.2) is 0 Å². The fourth-order valence-electron chi connectivity index (χ4n) is 8.04. The van der Waals surface area contributed by atoms with Crippen LogP contribution in [0.25, 0.3) is 0 Å². The first-order chi connectivity index (χ1) is 19.5. The first kappa shape index (κ1) is 27.7. The SMILES string of the molecule is C[C@]12CC[C@@H]3c4ccc(OC(=O)c5ccccc5)cc4CC[C@@]3(C)[C@@H]1CC[C@@H]2OC(=O)c1cccc(S(N)(=O)=O)c1. The van der Waals surface area contributed by atoms with Crippen LogP contribution in [0.1, 0.15) is 83.7 Å². The number of rotatable bonds is 5. The minimum absolute atomic E-state index is 0.0525. The van der Waals surface area contributed by atoms with E-state index in [9.17, 15) is 18.0 Å². The molecule has 0 radical (unpaired) electrons. The van der Waals surface area contributed by atoms with Gasteiger partial charge >= 0.3 is 11.9 Å². The van der Waals surface area contributed by atoms with Crippen molar-refractivity contribution in [3.05, 3.63) is 95.1 Å². The van der Waals surface area contributed by atoms with Gasteiger partial charge in [0.25, 0.3) is 0 Å². The van der Waals surface area contributed by atoms with Gasteiger partial charge in [-0.1, -0.05) is 44.2 Å². The van der Waals surface area contributed by atoms with Crippen LogP contribution in [0.3, 0.4) is 0 Å². The van der Waals surface area contributed by atoms with E-state index in [0.717, 1.165) is 38.5 Å². The smallest absolute Gasteiger partial charge is 0.343 e. The first-order valence-corrected chi connectivity index (χ1v) is 15.8. The molecule has 41 heavy (non-hydrogen) atoms. The molecule has 0 bridgehead atoms. The van der Waals surface area contributed by atoms with Gasteiger partial charge in [-0.15, -0.1) is 0 Å². The lowest BCUT2D eigenvalue weighted by molar-refractivity contribution is -0.0751. The van der Waals surface area contributed by atoms with Gasteiger partial charge < -0.3 is 9.47 Å². The predicted octanol–water partition coefficient (Wildman–Crippen LogP) is 6.03. The number of ether oxygens (including phenoxy) is 2. The molecule has 2 fully saturated rings. The van der Waals surface area contributed by atoms with Crippen molar-refractivity contribution in [2.24, 2.45) is 21.9 Å². The minimum atomic E-state index is -3.92. The fraction of sp³-hybridized carbons (Fsp3) is 0.394. The van der Waals surface area contributed by atoms with Crippen LogP contribution in [0.2, 0.25) is 0 Å². The number of hydrogen-bond donors (Lipinski definition) is 1. The lowest BCUT2D eigenvalue weighted by Crippen LogP contribution is -2.50. The highest BCUT2D eigenvalue weighted by atomic mass is 32.2. The minimum Gasteiger partial charge on any atom is -0.458 e. The second-order valence-corrected chi connectivity index (χ2v) is 13.9. The second-order valence-electron chi connectivity index (χ2n) is 12.3. The number of esters is 2. The molecule has 0 aromatic heterocycles. The zero-order valence-corrected chi connectivity index (χ0v) is 24.2. The van der Waals surface area contributed by atoms with Gasteiger partial charge in [-0.25, -0.2) is 23.1 Å². The van der Waals surface area contributed by atoms with Crippen molar-refractivity contribution in [1.82, 2.24) is 0 Å². The highest BCUT2D eigenvalue weighted by Gasteiger charge is 2.61. The van der Waals surface area contributed by atoms with Crippen molar-refractivity contribution in [3.8, 4) is 5.75 Å². The molecule has 0 spiro atoms. The number of sulfonamides is 1. The average Bonchev–Trinajstić information content (AvgIpc) is 3.29. The molecule has 2 N–H and O–H groups in total. The lowest BCUT2D eigenvalue weighted by atomic mass is 9.48. The Morgan fingerprint density at radius 1 is 0.829 bits per heavy atom. The Kier molecular flexibility index (Phi) is 6.82. The van der Waals surface area contributed by atoms with Crippen LogP contribution in [-0.4, -0.2) is 26.5 Å². The van der Waals surface area contributed by atoms with Crippen LogP contribution >= 0.6 is 0 Å². The normalized spacial score (nSPS) is 28.6.